The van der Waals surface area contributed by atoms with Crippen LogP contribution in [-0.4, -0.2) is 21.1 Å². The van der Waals surface area contributed by atoms with E-state index < -0.39 is 5.97 Å². The molecule has 0 aliphatic rings. The Labute approximate surface area is 112 Å². The average Bonchev–Trinajstić information content (AvgIpc) is 3.03. The van der Waals surface area contributed by atoms with Crippen molar-refractivity contribution < 1.29 is 14.1 Å². The molecule has 6 nitrogen and oxygen atoms in total. The lowest BCUT2D eigenvalue weighted by molar-refractivity contribution is 0.0430. The zero-order chi connectivity index (χ0) is 13.2. The molecule has 96 valence electrons. The number of nitrogens with zero attached hydrogens (tertiary/aromatic N) is 3. The quantitative estimate of drug-likeness (QED) is 0.683. The molecule has 2 aromatic heterocycles. The fourth-order valence-corrected chi connectivity index (χ4v) is 2.31. The van der Waals surface area contributed by atoms with E-state index in [-0.39, 0.29) is 12.5 Å². The molecule has 3 rings (SSSR count). The Balaban J connectivity index is 1.72. The second-order valence-electron chi connectivity index (χ2n) is 3.85. The number of carbonyl (C=O) groups excluding carboxylic acids is 1. The number of fused-ring (bicyclic) bond motifs is 1. The van der Waals surface area contributed by atoms with Crippen molar-refractivity contribution in [3.63, 3.8) is 0 Å². The second kappa shape index (κ2) is 4.77. The van der Waals surface area contributed by atoms with E-state index in [1.165, 1.54) is 11.3 Å². The van der Waals surface area contributed by atoms with Gasteiger partial charge in [0.25, 0.3) is 5.89 Å². The van der Waals surface area contributed by atoms with Gasteiger partial charge >= 0.3 is 5.97 Å². The van der Waals surface area contributed by atoms with Crippen LogP contribution >= 0.6 is 11.3 Å². The van der Waals surface area contributed by atoms with Crippen LogP contribution in [0.25, 0.3) is 10.2 Å². The van der Waals surface area contributed by atoms with Crippen molar-refractivity contribution in [1.29, 1.82) is 0 Å². The van der Waals surface area contributed by atoms with Crippen LogP contribution < -0.4 is 0 Å². The molecule has 0 fully saturated rings. The van der Waals surface area contributed by atoms with E-state index in [0.29, 0.717) is 11.4 Å². The fraction of sp³-hybridized carbons (Fsp3) is 0.167. The van der Waals surface area contributed by atoms with Gasteiger partial charge in [0, 0.05) is 0 Å². The average molecular weight is 275 g/mol. The second-order valence-corrected chi connectivity index (χ2v) is 4.73. The number of hydrogen-bond donors (Lipinski definition) is 0. The third-order valence-electron chi connectivity index (χ3n) is 2.46. The summed E-state index contributed by atoms with van der Waals surface area (Å²) >= 11 is 1.48. The Morgan fingerprint density at radius 3 is 3.16 bits per heavy atom. The molecule has 0 spiro atoms. The van der Waals surface area contributed by atoms with Crippen molar-refractivity contribution in [3.05, 3.63) is 41.0 Å². The van der Waals surface area contributed by atoms with Gasteiger partial charge in [-0.3, -0.25) is 0 Å². The smallest absolute Gasteiger partial charge is 0.338 e. The predicted molar refractivity (Wildman–Crippen MR) is 67.8 cm³/mol. The number of benzene rings is 1. The van der Waals surface area contributed by atoms with E-state index in [2.05, 4.69) is 15.1 Å². The van der Waals surface area contributed by atoms with Crippen LogP contribution in [0.5, 0.6) is 0 Å². The van der Waals surface area contributed by atoms with E-state index in [4.69, 9.17) is 9.26 Å². The zero-order valence-corrected chi connectivity index (χ0v) is 10.8. The molecule has 0 unspecified atom stereocenters. The van der Waals surface area contributed by atoms with Crippen LogP contribution in [0.4, 0.5) is 0 Å². The molecule has 0 atom stereocenters. The van der Waals surface area contributed by atoms with E-state index >= 15 is 0 Å². The summed E-state index contributed by atoms with van der Waals surface area (Å²) in [5, 5.41) is 3.62. The van der Waals surface area contributed by atoms with Gasteiger partial charge in [-0.15, -0.1) is 11.3 Å². The predicted octanol–water partition coefficient (Wildman–Crippen LogP) is 2.34. The highest BCUT2D eigenvalue weighted by Crippen LogP contribution is 2.19. The first-order chi connectivity index (χ1) is 9.22. The lowest BCUT2D eigenvalue weighted by Crippen LogP contribution is -2.05. The minimum absolute atomic E-state index is 0.0274. The van der Waals surface area contributed by atoms with Gasteiger partial charge in [-0.05, 0) is 25.1 Å². The van der Waals surface area contributed by atoms with Gasteiger partial charge in [-0.2, -0.15) is 4.98 Å². The Morgan fingerprint density at radius 2 is 2.37 bits per heavy atom. The summed E-state index contributed by atoms with van der Waals surface area (Å²) < 4.78 is 10.9. The van der Waals surface area contributed by atoms with Crippen LogP contribution in [0.2, 0.25) is 0 Å². The third kappa shape index (κ3) is 2.45. The van der Waals surface area contributed by atoms with Crippen LogP contribution in [0.15, 0.2) is 28.2 Å². The highest BCUT2D eigenvalue weighted by molar-refractivity contribution is 7.16. The van der Waals surface area contributed by atoms with Crippen molar-refractivity contribution in [2.75, 3.05) is 0 Å². The third-order valence-corrected chi connectivity index (χ3v) is 3.26. The first-order valence-electron chi connectivity index (χ1n) is 5.52. The zero-order valence-electron chi connectivity index (χ0n) is 9.99. The van der Waals surface area contributed by atoms with Gasteiger partial charge in [0.1, 0.15) is 0 Å². The van der Waals surface area contributed by atoms with Crippen molar-refractivity contribution >= 4 is 27.5 Å². The first kappa shape index (κ1) is 11.8. The van der Waals surface area contributed by atoms with Gasteiger partial charge in [0.15, 0.2) is 12.4 Å². The molecule has 2 heterocycles. The molecule has 0 N–H and O–H groups in total. The highest BCUT2D eigenvalue weighted by Gasteiger charge is 2.11. The monoisotopic (exact) mass is 275 g/mol. The summed E-state index contributed by atoms with van der Waals surface area (Å²) in [6.07, 6.45) is 0. The Bertz CT molecular complexity index is 734. The number of aromatic nitrogens is 3. The Morgan fingerprint density at radius 1 is 1.47 bits per heavy atom. The van der Waals surface area contributed by atoms with Gasteiger partial charge < -0.3 is 9.26 Å². The van der Waals surface area contributed by atoms with Crippen LogP contribution in [-0.2, 0) is 11.3 Å². The van der Waals surface area contributed by atoms with Gasteiger partial charge in [0.2, 0.25) is 0 Å². The lowest BCUT2D eigenvalue weighted by atomic mass is 10.2. The number of rotatable bonds is 3. The molecule has 0 aliphatic carbocycles. The highest BCUT2D eigenvalue weighted by atomic mass is 32.1. The van der Waals surface area contributed by atoms with Crippen molar-refractivity contribution in [2.24, 2.45) is 0 Å². The number of carbonyl (C=O) groups is 1. The van der Waals surface area contributed by atoms with Gasteiger partial charge in [-0.1, -0.05) is 5.16 Å². The number of hydrogen-bond acceptors (Lipinski definition) is 7. The minimum atomic E-state index is -0.425. The fourth-order valence-electron chi connectivity index (χ4n) is 1.59. The number of esters is 1. The molecule has 7 heteroatoms. The van der Waals surface area contributed by atoms with Crippen molar-refractivity contribution in [2.45, 2.75) is 13.5 Å². The van der Waals surface area contributed by atoms with Crippen molar-refractivity contribution in [1.82, 2.24) is 15.1 Å². The van der Waals surface area contributed by atoms with Crippen molar-refractivity contribution in [3.8, 4) is 0 Å². The molecule has 0 bridgehead atoms. The summed E-state index contributed by atoms with van der Waals surface area (Å²) in [5.74, 6) is 0.369. The normalized spacial score (nSPS) is 10.8. The van der Waals surface area contributed by atoms with Crippen LogP contribution in [0.3, 0.4) is 0 Å². The van der Waals surface area contributed by atoms with Gasteiger partial charge in [-0.25, -0.2) is 9.78 Å². The maximum atomic E-state index is 11.9. The summed E-state index contributed by atoms with van der Waals surface area (Å²) in [6, 6.07) is 5.23. The molecule has 19 heavy (non-hydrogen) atoms. The van der Waals surface area contributed by atoms with Gasteiger partial charge in [0.05, 0.1) is 21.3 Å². The molecule has 0 saturated carbocycles. The van der Waals surface area contributed by atoms with E-state index in [9.17, 15) is 4.79 Å². The molecule has 0 aliphatic heterocycles. The SMILES string of the molecule is Cc1noc(COC(=O)c2ccc3ncsc3c2)n1. The molecule has 0 radical (unpaired) electrons. The standard InChI is InChI=1S/C12H9N3O3S/c1-7-14-11(18-15-7)5-17-12(16)8-2-3-9-10(4-8)19-6-13-9/h2-4,6H,5H2,1H3. The summed E-state index contributed by atoms with van der Waals surface area (Å²) in [4.78, 5) is 20.0. The first-order valence-corrected chi connectivity index (χ1v) is 6.40. The molecular weight excluding hydrogens is 266 g/mol. The van der Waals surface area contributed by atoms with E-state index in [1.54, 1.807) is 30.6 Å². The molecular formula is C12H9N3O3S. The Kier molecular flexibility index (Phi) is 2.96. The minimum Gasteiger partial charge on any atom is -0.452 e. The largest absolute Gasteiger partial charge is 0.452 e. The van der Waals surface area contributed by atoms with E-state index in [0.717, 1.165) is 10.2 Å². The molecule has 3 aromatic rings. The Hall–Kier alpha value is -2.28. The summed E-state index contributed by atoms with van der Waals surface area (Å²) in [7, 11) is 0. The molecule has 0 saturated heterocycles. The number of thiazole rings is 1. The van der Waals surface area contributed by atoms with E-state index in [1.807, 2.05) is 0 Å². The molecule has 1 aromatic carbocycles. The summed E-state index contributed by atoms with van der Waals surface area (Å²) in [6.45, 7) is 1.67. The topological polar surface area (TPSA) is 78.1 Å². The number of ether oxygens (including phenoxy) is 1. The number of aryl methyl sites for hydroxylation is 1. The van der Waals surface area contributed by atoms with Crippen LogP contribution in [0, 0.1) is 6.92 Å². The van der Waals surface area contributed by atoms with Crippen LogP contribution in [0.1, 0.15) is 22.1 Å². The maximum Gasteiger partial charge on any atom is 0.338 e. The summed E-state index contributed by atoms with van der Waals surface area (Å²) in [5.41, 5.74) is 3.09. The maximum absolute atomic E-state index is 11.9. The lowest BCUT2D eigenvalue weighted by Gasteiger charge is -2.01. The molecule has 0 amide bonds.